The molecule has 0 fully saturated rings. The summed E-state index contributed by atoms with van der Waals surface area (Å²) < 4.78 is 0. The summed E-state index contributed by atoms with van der Waals surface area (Å²) in [5.41, 5.74) is -0.195. The first kappa shape index (κ1) is 26.9. The molecule has 166 valence electrons. The van der Waals surface area contributed by atoms with Gasteiger partial charge in [0.2, 0.25) is 0 Å². The fraction of sp³-hybridized carbons (Fsp3) is 0.917. The van der Waals surface area contributed by atoms with Crippen LogP contribution in [0.3, 0.4) is 0 Å². The van der Waals surface area contributed by atoms with Crippen molar-refractivity contribution in [2.24, 2.45) is 17.3 Å². The number of carboxylic acid groups (broad SMARTS) is 2. The van der Waals surface area contributed by atoms with Crippen LogP contribution in [0.1, 0.15) is 124 Å². The maximum absolute atomic E-state index is 11.7. The number of unbranched alkanes of at least 4 members (excludes halogenated alkanes) is 10. The van der Waals surface area contributed by atoms with Crippen LogP contribution in [0.25, 0.3) is 0 Å². The Morgan fingerprint density at radius 3 is 1.32 bits per heavy atom. The molecule has 1 unspecified atom stereocenters. The molecule has 0 bridgehead atoms. The predicted octanol–water partition coefficient (Wildman–Crippen LogP) is 7.31. The van der Waals surface area contributed by atoms with Crippen LogP contribution in [0.15, 0.2) is 0 Å². The van der Waals surface area contributed by atoms with Gasteiger partial charge in [0.1, 0.15) is 0 Å². The molecule has 0 radical (unpaired) electrons. The molecule has 4 heteroatoms. The Morgan fingerprint density at radius 1 is 0.643 bits per heavy atom. The molecule has 0 rings (SSSR count). The van der Waals surface area contributed by atoms with Gasteiger partial charge in [0.25, 0.3) is 0 Å². The van der Waals surface area contributed by atoms with Crippen LogP contribution in [-0.4, -0.2) is 22.2 Å². The summed E-state index contributed by atoms with van der Waals surface area (Å²) in [6.45, 7) is 8.45. The van der Waals surface area contributed by atoms with Gasteiger partial charge in [-0.3, -0.25) is 9.59 Å². The van der Waals surface area contributed by atoms with Gasteiger partial charge >= 0.3 is 11.9 Å². The zero-order chi connectivity index (χ0) is 21.4. The molecule has 0 aliphatic heterocycles. The largest absolute Gasteiger partial charge is 0.481 e. The minimum absolute atomic E-state index is 0.195. The van der Waals surface area contributed by atoms with E-state index in [1.807, 2.05) is 0 Å². The standard InChI is InChI=1S/C24H46O4/c1-5-9-10-11-12-13-14-15-16-17-18-19-20(21(22(25)26)23(27)28)24(6-2,7-3)8-4/h20-21H,5-19H2,1-4H3,(H,25,26)(H,27,28). The van der Waals surface area contributed by atoms with Crippen LogP contribution in [-0.2, 0) is 9.59 Å². The van der Waals surface area contributed by atoms with Crippen LogP contribution >= 0.6 is 0 Å². The highest BCUT2D eigenvalue weighted by Crippen LogP contribution is 2.45. The number of aliphatic carboxylic acids is 2. The highest BCUT2D eigenvalue weighted by molar-refractivity contribution is 5.93. The maximum Gasteiger partial charge on any atom is 0.318 e. The van der Waals surface area contributed by atoms with E-state index in [4.69, 9.17) is 0 Å². The minimum Gasteiger partial charge on any atom is -0.481 e. The van der Waals surface area contributed by atoms with E-state index in [2.05, 4.69) is 27.7 Å². The number of rotatable bonds is 19. The van der Waals surface area contributed by atoms with Crippen LogP contribution < -0.4 is 0 Å². The van der Waals surface area contributed by atoms with Crippen molar-refractivity contribution in [3.63, 3.8) is 0 Å². The Labute approximate surface area is 173 Å². The molecule has 1 atom stereocenters. The lowest BCUT2D eigenvalue weighted by molar-refractivity contribution is -0.161. The second kappa shape index (κ2) is 15.8. The summed E-state index contributed by atoms with van der Waals surface area (Å²) >= 11 is 0. The van der Waals surface area contributed by atoms with Gasteiger partial charge < -0.3 is 10.2 Å². The van der Waals surface area contributed by atoms with Gasteiger partial charge in [0, 0.05) is 0 Å². The molecule has 0 heterocycles. The highest BCUT2D eigenvalue weighted by Gasteiger charge is 2.45. The van der Waals surface area contributed by atoms with Crippen LogP contribution in [0.5, 0.6) is 0 Å². The van der Waals surface area contributed by atoms with E-state index in [0.717, 1.165) is 32.1 Å². The molecule has 0 aliphatic rings. The molecule has 0 saturated heterocycles. The second-order valence-corrected chi connectivity index (χ2v) is 8.51. The van der Waals surface area contributed by atoms with Crippen molar-refractivity contribution in [2.75, 3.05) is 0 Å². The summed E-state index contributed by atoms with van der Waals surface area (Å²) in [6.07, 6.45) is 16.9. The molecule has 0 aromatic rings. The monoisotopic (exact) mass is 398 g/mol. The molecule has 0 amide bonds. The number of carboxylic acids is 2. The fourth-order valence-corrected chi connectivity index (χ4v) is 4.84. The molecular formula is C24H46O4. The molecule has 0 aliphatic carbocycles. The zero-order valence-corrected chi connectivity index (χ0v) is 19.0. The topological polar surface area (TPSA) is 74.6 Å². The summed E-state index contributed by atoms with van der Waals surface area (Å²) in [4.78, 5) is 23.4. The van der Waals surface area contributed by atoms with Crippen molar-refractivity contribution in [2.45, 2.75) is 124 Å². The minimum atomic E-state index is -1.29. The fourth-order valence-electron chi connectivity index (χ4n) is 4.84. The number of hydrogen-bond donors (Lipinski definition) is 2. The van der Waals surface area contributed by atoms with E-state index < -0.39 is 17.9 Å². The highest BCUT2D eigenvalue weighted by atomic mass is 16.4. The lowest BCUT2D eigenvalue weighted by Crippen LogP contribution is -2.41. The van der Waals surface area contributed by atoms with Gasteiger partial charge in [-0.15, -0.1) is 0 Å². The van der Waals surface area contributed by atoms with Gasteiger partial charge in [-0.2, -0.15) is 0 Å². The van der Waals surface area contributed by atoms with E-state index in [-0.39, 0.29) is 11.3 Å². The summed E-state index contributed by atoms with van der Waals surface area (Å²) in [6, 6.07) is 0. The van der Waals surface area contributed by atoms with Crippen LogP contribution in [0.4, 0.5) is 0 Å². The molecule has 0 aromatic carbocycles. The predicted molar refractivity (Wildman–Crippen MR) is 117 cm³/mol. The van der Waals surface area contributed by atoms with Gasteiger partial charge in [0.05, 0.1) is 0 Å². The molecular weight excluding hydrogens is 352 g/mol. The van der Waals surface area contributed by atoms with E-state index in [1.165, 1.54) is 57.8 Å². The molecule has 0 aromatic heterocycles. The summed E-state index contributed by atoms with van der Waals surface area (Å²) in [5, 5.41) is 19.1. The average molecular weight is 399 g/mol. The lowest BCUT2D eigenvalue weighted by Gasteiger charge is -2.41. The normalized spacial score (nSPS) is 13.0. The second-order valence-electron chi connectivity index (χ2n) is 8.51. The van der Waals surface area contributed by atoms with Crippen molar-refractivity contribution in [1.82, 2.24) is 0 Å². The Hall–Kier alpha value is -1.06. The zero-order valence-electron chi connectivity index (χ0n) is 19.0. The molecule has 0 spiro atoms. The SMILES string of the molecule is CCCCCCCCCCCCCC(C(C(=O)O)C(=O)O)C(CC)(CC)CC. The van der Waals surface area contributed by atoms with E-state index in [1.54, 1.807) is 0 Å². The third-order valence-corrected chi connectivity index (χ3v) is 6.95. The van der Waals surface area contributed by atoms with Crippen molar-refractivity contribution in [1.29, 1.82) is 0 Å². The van der Waals surface area contributed by atoms with Gasteiger partial charge in [-0.1, -0.05) is 118 Å². The van der Waals surface area contributed by atoms with Gasteiger partial charge in [-0.05, 0) is 17.8 Å². The van der Waals surface area contributed by atoms with Crippen LogP contribution in [0, 0.1) is 17.3 Å². The van der Waals surface area contributed by atoms with Crippen molar-refractivity contribution < 1.29 is 19.8 Å². The lowest BCUT2D eigenvalue weighted by atomic mass is 9.63. The summed E-state index contributed by atoms with van der Waals surface area (Å²) in [7, 11) is 0. The average Bonchev–Trinajstić information content (AvgIpc) is 2.67. The first-order chi connectivity index (χ1) is 13.4. The molecule has 28 heavy (non-hydrogen) atoms. The molecule has 0 saturated carbocycles. The first-order valence-electron chi connectivity index (χ1n) is 11.9. The van der Waals surface area contributed by atoms with Crippen LogP contribution in [0.2, 0.25) is 0 Å². The van der Waals surface area contributed by atoms with Gasteiger partial charge in [-0.25, -0.2) is 0 Å². The smallest absolute Gasteiger partial charge is 0.318 e. The van der Waals surface area contributed by atoms with Gasteiger partial charge in [0.15, 0.2) is 5.92 Å². The van der Waals surface area contributed by atoms with E-state index in [9.17, 15) is 19.8 Å². The Morgan fingerprint density at radius 2 is 1.00 bits per heavy atom. The van der Waals surface area contributed by atoms with E-state index >= 15 is 0 Å². The Balaban J connectivity index is 4.48. The number of carbonyl (C=O) groups is 2. The Bertz CT molecular complexity index is 393. The van der Waals surface area contributed by atoms with Crippen molar-refractivity contribution in [3.8, 4) is 0 Å². The molecule has 4 nitrogen and oxygen atoms in total. The maximum atomic E-state index is 11.7. The third-order valence-electron chi connectivity index (χ3n) is 6.95. The first-order valence-corrected chi connectivity index (χ1v) is 11.9. The van der Waals surface area contributed by atoms with Crippen molar-refractivity contribution in [3.05, 3.63) is 0 Å². The summed E-state index contributed by atoms with van der Waals surface area (Å²) in [5.74, 6) is -3.94. The number of hydrogen-bond acceptors (Lipinski definition) is 2. The molecule has 2 N–H and O–H groups in total. The third kappa shape index (κ3) is 9.43. The quantitative estimate of drug-likeness (QED) is 0.177. The van der Waals surface area contributed by atoms with Crippen molar-refractivity contribution >= 4 is 11.9 Å². The van der Waals surface area contributed by atoms with E-state index in [0.29, 0.717) is 6.42 Å². The Kier molecular flexibility index (Phi) is 15.2.